The molecule has 0 saturated carbocycles. The van der Waals surface area contributed by atoms with E-state index in [0.29, 0.717) is 13.1 Å². The van der Waals surface area contributed by atoms with E-state index in [1.165, 1.54) is 9.58 Å². The first-order valence-electron chi connectivity index (χ1n) is 4.07. The van der Waals surface area contributed by atoms with Crippen molar-refractivity contribution in [1.82, 2.24) is 14.7 Å². The number of nitro groups is 1. The summed E-state index contributed by atoms with van der Waals surface area (Å²) >= 11 is 0. The lowest BCUT2D eigenvalue weighted by Crippen LogP contribution is -2.37. The summed E-state index contributed by atoms with van der Waals surface area (Å²) in [6.45, 7) is 1.04. The Bertz CT molecular complexity index is 411. The van der Waals surface area contributed by atoms with Gasteiger partial charge >= 0.3 is 5.69 Å². The van der Waals surface area contributed by atoms with Crippen LogP contribution in [0.1, 0.15) is 10.5 Å². The summed E-state index contributed by atoms with van der Waals surface area (Å²) in [6, 6.07) is 0. The van der Waals surface area contributed by atoms with Gasteiger partial charge < -0.3 is 4.90 Å². The third-order valence-corrected chi connectivity index (χ3v) is 2.21. The zero-order valence-electron chi connectivity index (χ0n) is 7.51. The molecule has 0 aromatic carbocycles. The van der Waals surface area contributed by atoms with Crippen molar-refractivity contribution in [2.24, 2.45) is 0 Å². The average molecular weight is 196 g/mol. The Balaban J connectivity index is 2.55. The second-order valence-electron chi connectivity index (χ2n) is 3.09. The lowest BCUT2D eigenvalue weighted by molar-refractivity contribution is -0.385. The fraction of sp³-hybridized carbons (Fsp3) is 0.429. The van der Waals surface area contributed by atoms with Gasteiger partial charge in [-0.15, -0.1) is 0 Å². The summed E-state index contributed by atoms with van der Waals surface area (Å²) in [7, 11) is 1.61. The molecule has 14 heavy (non-hydrogen) atoms. The third-order valence-electron chi connectivity index (χ3n) is 2.21. The van der Waals surface area contributed by atoms with Gasteiger partial charge in [0.1, 0.15) is 6.20 Å². The maximum absolute atomic E-state index is 11.6. The van der Waals surface area contributed by atoms with E-state index in [9.17, 15) is 14.9 Å². The molecule has 2 heterocycles. The van der Waals surface area contributed by atoms with Crippen molar-refractivity contribution in [2.45, 2.75) is 6.54 Å². The number of rotatable bonds is 1. The first-order valence-corrected chi connectivity index (χ1v) is 4.07. The number of likely N-dealkylation sites (N-methyl/N-ethyl adjacent to an activating group) is 1. The van der Waals surface area contributed by atoms with Gasteiger partial charge in [-0.05, 0) is 0 Å². The number of amides is 1. The molecule has 0 bridgehead atoms. The molecule has 1 amide bonds. The minimum atomic E-state index is -0.587. The molecular weight excluding hydrogens is 188 g/mol. The monoisotopic (exact) mass is 196 g/mol. The Hall–Kier alpha value is -1.92. The SMILES string of the molecule is CN1CCn2ncc([N+](=O)[O-])c2C1=O. The zero-order chi connectivity index (χ0) is 10.3. The van der Waals surface area contributed by atoms with Crippen LogP contribution in [-0.4, -0.2) is 39.1 Å². The largest absolute Gasteiger partial charge is 0.338 e. The molecule has 2 rings (SSSR count). The average Bonchev–Trinajstić information content (AvgIpc) is 2.55. The maximum Gasteiger partial charge on any atom is 0.320 e. The van der Waals surface area contributed by atoms with Crippen molar-refractivity contribution in [3.8, 4) is 0 Å². The van der Waals surface area contributed by atoms with Crippen LogP contribution < -0.4 is 0 Å². The molecule has 74 valence electrons. The normalized spacial score (nSPS) is 15.5. The molecule has 1 aliphatic rings. The molecule has 0 N–H and O–H groups in total. The molecule has 0 unspecified atom stereocenters. The summed E-state index contributed by atoms with van der Waals surface area (Å²) in [5.41, 5.74) is -0.148. The first-order chi connectivity index (χ1) is 6.61. The van der Waals surface area contributed by atoms with Gasteiger partial charge in [0.2, 0.25) is 5.69 Å². The smallest absolute Gasteiger partial charge is 0.320 e. The molecule has 1 aliphatic heterocycles. The Morgan fingerprint density at radius 3 is 2.93 bits per heavy atom. The van der Waals surface area contributed by atoms with Crippen LogP contribution in [0, 0.1) is 10.1 Å². The lowest BCUT2D eigenvalue weighted by atomic mass is 10.3. The van der Waals surface area contributed by atoms with E-state index in [1.807, 2.05) is 0 Å². The summed E-state index contributed by atoms with van der Waals surface area (Å²) in [6.07, 6.45) is 1.12. The Labute approximate surface area is 79.1 Å². The predicted octanol–water partition coefficient (Wildman–Crippen LogP) is -0.123. The Kier molecular flexibility index (Phi) is 1.73. The van der Waals surface area contributed by atoms with Gasteiger partial charge in [-0.25, -0.2) is 0 Å². The van der Waals surface area contributed by atoms with Crippen LogP contribution in [0.4, 0.5) is 5.69 Å². The second-order valence-corrected chi connectivity index (χ2v) is 3.09. The number of hydrogen-bond donors (Lipinski definition) is 0. The highest BCUT2D eigenvalue weighted by atomic mass is 16.6. The van der Waals surface area contributed by atoms with Gasteiger partial charge in [-0.1, -0.05) is 0 Å². The van der Waals surface area contributed by atoms with Crippen molar-refractivity contribution in [2.75, 3.05) is 13.6 Å². The minimum absolute atomic E-state index is 0.0729. The highest BCUT2D eigenvalue weighted by Crippen LogP contribution is 2.21. The number of carbonyl (C=O) groups excluding carboxylic acids is 1. The number of hydrogen-bond acceptors (Lipinski definition) is 4. The van der Waals surface area contributed by atoms with Crippen molar-refractivity contribution < 1.29 is 9.72 Å². The number of fused-ring (bicyclic) bond motifs is 1. The molecule has 0 spiro atoms. The molecule has 0 aliphatic carbocycles. The fourth-order valence-electron chi connectivity index (χ4n) is 1.43. The topological polar surface area (TPSA) is 81.3 Å². The number of carbonyl (C=O) groups is 1. The van der Waals surface area contributed by atoms with Crippen LogP contribution in [0.15, 0.2) is 6.20 Å². The van der Waals surface area contributed by atoms with Crippen molar-refractivity contribution >= 4 is 11.6 Å². The van der Waals surface area contributed by atoms with Crippen LogP contribution in [-0.2, 0) is 6.54 Å². The molecule has 7 nitrogen and oxygen atoms in total. The third kappa shape index (κ3) is 1.05. The highest BCUT2D eigenvalue weighted by molar-refractivity contribution is 5.96. The predicted molar refractivity (Wildman–Crippen MR) is 45.8 cm³/mol. The molecule has 0 atom stereocenters. The lowest BCUT2D eigenvalue weighted by Gasteiger charge is -2.22. The first kappa shape index (κ1) is 8.67. The summed E-state index contributed by atoms with van der Waals surface area (Å²) in [4.78, 5) is 23.0. The van der Waals surface area contributed by atoms with E-state index in [1.54, 1.807) is 7.05 Å². The van der Waals surface area contributed by atoms with E-state index < -0.39 is 4.92 Å². The Morgan fingerprint density at radius 2 is 2.29 bits per heavy atom. The van der Waals surface area contributed by atoms with Gasteiger partial charge in [0, 0.05) is 13.6 Å². The molecule has 7 heteroatoms. The molecular formula is C7H8N4O3. The molecule has 0 radical (unpaired) electrons. The van der Waals surface area contributed by atoms with Crippen LogP contribution in [0.25, 0.3) is 0 Å². The molecule has 0 saturated heterocycles. The summed E-state index contributed by atoms with van der Waals surface area (Å²) < 4.78 is 1.38. The van der Waals surface area contributed by atoms with Crippen molar-refractivity contribution in [3.05, 3.63) is 22.0 Å². The quantitative estimate of drug-likeness (QED) is 0.463. The van der Waals surface area contributed by atoms with Crippen molar-refractivity contribution in [3.63, 3.8) is 0 Å². The van der Waals surface area contributed by atoms with E-state index in [-0.39, 0.29) is 17.3 Å². The van der Waals surface area contributed by atoms with Crippen LogP contribution in [0.2, 0.25) is 0 Å². The Morgan fingerprint density at radius 1 is 1.57 bits per heavy atom. The highest BCUT2D eigenvalue weighted by Gasteiger charge is 2.31. The van der Waals surface area contributed by atoms with E-state index in [4.69, 9.17) is 0 Å². The van der Waals surface area contributed by atoms with Crippen LogP contribution in [0.5, 0.6) is 0 Å². The van der Waals surface area contributed by atoms with E-state index >= 15 is 0 Å². The summed E-state index contributed by atoms with van der Waals surface area (Å²) in [5.74, 6) is -0.347. The van der Waals surface area contributed by atoms with Gasteiger partial charge in [-0.2, -0.15) is 5.10 Å². The van der Waals surface area contributed by atoms with Gasteiger partial charge in [0.15, 0.2) is 0 Å². The van der Waals surface area contributed by atoms with Crippen LogP contribution >= 0.6 is 0 Å². The fourth-order valence-corrected chi connectivity index (χ4v) is 1.43. The van der Waals surface area contributed by atoms with E-state index in [0.717, 1.165) is 6.20 Å². The minimum Gasteiger partial charge on any atom is -0.338 e. The molecule has 1 aromatic heterocycles. The molecule has 1 aromatic rings. The maximum atomic E-state index is 11.6. The number of nitrogens with zero attached hydrogens (tertiary/aromatic N) is 4. The van der Waals surface area contributed by atoms with Gasteiger partial charge in [-0.3, -0.25) is 19.6 Å². The van der Waals surface area contributed by atoms with E-state index in [2.05, 4.69) is 5.10 Å². The van der Waals surface area contributed by atoms with Gasteiger partial charge in [0.25, 0.3) is 5.91 Å². The summed E-state index contributed by atoms with van der Waals surface area (Å²) in [5, 5.41) is 14.4. The standard InChI is InChI=1S/C7H8N4O3/c1-9-2-3-10-6(7(9)12)5(4-8-10)11(13)14/h4H,2-3H2,1H3. The van der Waals surface area contributed by atoms with Crippen LogP contribution in [0.3, 0.4) is 0 Å². The van der Waals surface area contributed by atoms with Crippen molar-refractivity contribution in [1.29, 1.82) is 0 Å². The number of aromatic nitrogens is 2. The molecule has 0 fully saturated rings. The zero-order valence-corrected chi connectivity index (χ0v) is 7.51. The van der Waals surface area contributed by atoms with Gasteiger partial charge in [0.05, 0.1) is 11.5 Å². The second kappa shape index (κ2) is 2.79.